The van der Waals surface area contributed by atoms with Crippen LogP contribution in [0, 0.1) is 17.2 Å². The van der Waals surface area contributed by atoms with Crippen LogP contribution in [-0.2, 0) is 0 Å². The van der Waals surface area contributed by atoms with Gasteiger partial charge in [-0.3, -0.25) is 0 Å². The SMILES string of the molecule is C/C=C/N=CN(C)CC1C=CC(C#N)=CCC1.CC.Nc1ccc(-c2cccs2)cn1. The van der Waals surface area contributed by atoms with Gasteiger partial charge in [0.05, 0.1) is 12.4 Å². The summed E-state index contributed by atoms with van der Waals surface area (Å²) in [6.45, 7) is 6.88. The van der Waals surface area contributed by atoms with Gasteiger partial charge in [0.15, 0.2) is 0 Å². The van der Waals surface area contributed by atoms with Crippen LogP contribution in [0.25, 0.3) is 10.4 Å². The van der Waals surface area contributed by atoms with Crippen molar-refractivity contribution >= 4 is 23.5 Å². The number of allylic oxidation sites excluding steroid dienone is 4. The average Bonchev–Trinajstić information content (AvgIpc) is 3.24. The third kappa shape index (κ3) is 10.4. The standard InChI is InChI=1S/C14H19N3.C9H8N2S.C2H6/c1-3-9-16-12-17(2)11-14-6-4-5-13(10-15)7-8-14;10-9-4-3-7(6-11-9)8-2-1-5-12-8;1-2/h3,5,7-9,12,14H,4,6,11H2,1-2H3;1-6H,(H2,10,11);1-2H3/b9-3+,16-12?;;. The molecule has 0 saturated carbocycles. The lowest BCUT2D eigenvalue weighted by molar-refractivity contribution is 0.426. The van der Waals surface area contributed by atoms with Gasteiger partial charge in [-0.15, -0.1) is 11.3 Å². The van der Waals surface area contributed by atoms with Crippen LogP contribution in [0.3, 0.4) is 0 Å². The van der Waals surface area contributed by atoms with Crippen molar-refractivity contribution in [3.8, 4) is 16.5 Å². The van der Waals surface area contributed by atoms with Gasteiger partial charge in [-0.2, -0.15) is 5.26 Å². The molecule has 2 aromatic rings. The van der Waals surface area contributed by atoms with E-state index in [1.54, 1.807) is 23.7 Å². The van der Waals surface area contributed by atoms with Gasteiger partial charge in [0, 0.05) is 42.0 Å². The molecule has 0 saturated heterocycles. The monoisotopic (exact) mass is 435 g/mol. The Bertz CT molecular complexity index is 887. The summed E-state index contributed by atoms with van der Waals surface area (Å²) in [6.07, 6.45) is 15.4. The molecule has 31 heavy (non-hydrogen) atoms. The van der Waals surface area contributed by atoms with E-state index in [4.69, 9.17) is 11.0 Å². The van der Waals surface area contributed by atoms with Gasteiger partial charge >= 0.3 is 0 Å². The summed E-state index contributed by atoms with van der Waals surface area (Å²) in [5, 5.41) is 10.9. The molecule has 164 valence electrons. The summed E-state index contributed by atoms with van der Waals surface area (Å²) in [4.78, 5) is 11.5. The number of hydrogen-bond donors (Lipinski definition) is 1. The second-order valence-electron chi connectivity index (χ2n) is 6.60. The number of rotatable bonds is 5. The van der Waals surface area contributed by atoms with E-state index < -0.39 is 0 Å². The summed E-state index contributed by atoms with van der Waals surface area (Å²) < 4.78 is 0. The molecule has 6 heteroatoms. The van der Waals surface area contributed by atoms with Crippen molar-refractivity contribution in [3.05, 3.63) is 71.9 Å². The van der Waals surface area contributed by atoms with Crippen molar-refractivity contribution in [1.29, 1.82) is 5.26 Å². The lowest BCUT2D eigenvalue weighted by Crippen LogP contribution is -2.23. The van der Waals surface area contributed by atoms with Crippen molar-refractivity contribution in [2.45, 2.75) is 33.6 Å². The normalized spacial score (nSPS) is 15.2. The summed E-state index contributed by atoms with van der Waals surface area (Å²) in [7, 11) is 2.02. The number of nitrogen functional groups attached to an aromatic ring is 1. The molecule has 1 atom stereocenters. The first-order valence-corrected chi connectivity index (χ1v) is 11.4. The zero-order valence-corrected chi connectivity index (χ0v) is 19.7. The third-order valence-electron chi connectivity index (χ3n) is 4.19. The Hall–Kier alpha value is -3.17. The molecule has 0 bridgehead atoms. The predicted molar refractivity (Wildman–Crippen MR) is 135 cm³/mol. The van der Waals surface area contributed by atoms with Crippen LogP contribution in [0.1, 0.15) is 33.6 Å². The van der Waals surface area contributed by atoms with Crippen LogP contribution in [0.15, 0.2) is 76.9 Å². The molecule has 0 aromatic carbocycles. The second-order valence-corrected chi connectivity index (χ2v) is 7.55. The Balaban J connectivity index is 0.000000300. The van der Waals surface area contributed by atoms with E-state index in [9.17, 15) is 0 Å². The smallest absolute Gasteiger partial charge is 0.123 e. The molecule has 2 N–H and O–H groups in total. The summed E-state index contributed by atoms with van der Waals surface area (Å²) >= 11 is 1.70. The van der Waals surface area contributed by atoms with Crippen molar-refractivity contribution in [1.82, 2.24) is 9.88 Å². The van der Waals surface area contributed by atoms with Gasteiger partial charge in [0.1, 0.15) is 5.82 Å². The molecule has 0 fully saturated rings. The van der Waals surface area contributed by atoms with Gasteiger partial charge in [0.2, 0.25) is 0 Å². The molecule has 2 aromatic heterocycles. The number of thiophene rings is 1. The summed E-state index contributed by atoms with van der Waals surface area (Å²) in [6, 6.07) is 10.1. The molecule has 0 amide bonds. The molecule has 2 heterocycles. The molecule has 0 aliphatic heterocycles. The molecule has 0 radical (unpaired) electrons. The molecule has 1 aliphatic carbocycles. The largest absolute Gasteiger partial charge is 0.384 e. The van der Waals surface area contributed by atoms with Crippen LogP contribution in [0.2, 0.25) is 0 Å². The van der Waals surface area contributed by atoms with E-state index in [2.05, 4.69) is 33.1 Å². The van der Waals surface area contributed by atoms with Gasteiger partial charge in [-0.25, -0.2) is 9.98 Å². The number of nitriles is 1. The van der Waals surface area contributed by atoms with Crippen molar-refractivity contribution < 1.29 is 0 Å². The minimum absolute atomic E-state index is 0.485. The molecule has 0 spiro atoms. The number of hydrogen-bond acceptors (Lipinski definition) is 5. The summed E-state index contributed by atoms with van der Waals surface area (Å²) in [5.41, 5.74) is 7.37. The molecule has 1 unspecified atom stereocenters. The number of nitrogens with two attached hydrogens (primary N) is 1. The van der Waals surface area contributed by atoms with E-state index >= 15 is 0 Å². The van der Waals surface area contributed by atoms with Crippen LogP contribution in [0.4, 0.5) is 5.82 Å². The minimum atomic E-state index is 0.485. The number of aliphatic imine (C=N–C) groups is 1. The van der Waals surface area contributed by atoms with Crippen LogP contribution in [0.5, 0.6) is 0 Å². The second kappa shape index (κ2) is 15.6. The molecule has 3 rings (SSSR count). The first-order valence-electron chi connectivity index (χ1n) is 10.5. The molecular weight excluding hydrogens is 402 g/mol. The Kier molecular flexibility index (Phi) is 13.1. The lowest BCUT2D eigenvalue weighted by Gasteiger charge is -2.18. The first kappa shape index (κ1) is 25.9. The molecule has 5 nitrogen and oxygen atoms in total. The van der Waals surface area contributed by atoms with Crippen LogP contribution >= 0.6 is 11.3 Å². The minimum Gasteiger partial charge on any atom is -0.384 e. The highest BCUT2D eigenvalue weighted by Crippen LogP contribution is 2.23. The topological polar surface area (TPSA) is 78.3 Å². The molecule has 1 aliphatic rings. The number of aromatic nitrogens is 1. The van der Waals surface area contributed by atoms with Crippen molar-refractivity contribution in [2.75, 3.05) is 19.3 Å². The average molecular weight is 436 g/mol. The number of anilines is 1. The highest BCUT2D eigenvalue weighted by Gasteiger charge is 2.09. The predicted octanol–water partition coefficient (Wildman–Crippen LogP) is 6.31. The fourth-order valence-corrected chi connectivity index (χ4v) is 3.46. The maximum atomic E-state index is 8.82. The van der Waals surface area contributed by atoms with E-state index in [1.807, 2.05) is 76.0 Å². The first-order chi connectivity index (χ1) is 15.1. The maximum absolute atomic E-state index is 8.82. The Morgan fingerprint density at radius 2 is 2.16 bits per heavy atom. The Morgan fingerprint density at radius 1 is 1.35 bits per heavy atom. The van der Waals surface area contributed by atoms with Crippen molar-refractivity contribution in [2.24, 2.45) is 10.9 Å². The number of nitrogens with zero attached hydrogens (tertiary/aromatic N) is 4. The van der Waals surface area contributed by atoms with E-state index in [1.165, 1.54) is 4.88 Å². The fraction of sp³-hybridized carbons (Fsp3) is 0.320. The molecular formula is C25H33N5S. The fourth-order valence-electron chi connectivity index (χ4n) is 2.74. The highest BCUT2D eigenvalue weighted by molar-refractivity contribution is 7.13. The maximum Gasteiger partial charge on any atom is 0.123 e. The quantitative estimate of drug-likeness (QED) is 0.440. The number of pyridine rings is 1. The van der Waals surface area contributed by atoms with Gasteiger partial charge in [-0.05, 0) is 55.3 Å². The van der Waals surface area contributed by atoms with E-state index in [0.29, 0.717) is 11.7 Å². The van der Waals surface area contributed by atoms with Crippen molar-refractivity contribution in [3.63, 3.8) is 0 Å². The van der Waals surface area contributed by atoms with Gasteiger partial charge in [-0.1, -0.05) is 38.1 Å². The zero-order valence-electron chi connectivity index (χ0n) is 18.9. The Labute approximate surface area is 191 Å². The lowest BCUT2D eigenvalue weighted by atomic mass is 10.0. The zero-order chi connectivity index (χ0) is 22.9. The van der Waals surface area contributed by atoms with Gasteiger partial charge in [0.25, 0.3) is 0 Å². The highest BCUT2D eigenvalue weighted by atomic mass is 32.1. The van der Waals surface area contributed by atoms with Crippen LogP contribution in [-0.4, -0.2) is 29.8 Å². The van der Waals surface area contributed by atoms with E-state index in [0.717, 1.165) is 30.5 Å². The third-order valence-corrected chi connectivity index (χ3v) is 5.11. The van der Waals surface area contributed by atoms with Gasteiger partial charge < -0.3 is 10.6 Å². The Morgan fingerprint density at radius 3 is 2.77 bits per heavy atom. The van der Waals surface area contributed by atoms with E-state index in [-0.39, 0.29) is 0 Å². The summed E-state index contributed by atoms with van der Waals surface area (Å²) in [5.74, 6) is 1.05. The van der Waals surface area contributed by atoms with Crippen LogP contribution < -0.4 is 5.73 Å².